The minimum atomic E-state index is -0.245. The molecular weight excluding hydrogens is 736 g/mol. The first-order chi connectivity index (χ1) is 23.6. The van der Waals surface area contributed by atoms with Gasteiger partial charge in [-0.25, -0.2) is 0 Å². The van der Waals surface area contributed by atoms with Crippen LogP contribution in [0.4, 0.5) is 0 Å². The van der Waals surface area contributed by atoms with Gasteiger partial charge in [-0.2, -0.15) is 0 Å². The quantitative estimate of drug-likeness (QED) is 0.159. The van der Waals surface area contributed by atoms with Crippen LogP contribution in [-0.2, 0) is 66.9 Å². The SMILES string of the molecule is C.C.C.C.CC.CC(C)=O.CC(C)=O.CC(C)=O.CCNC(C)=O.CNC(C)=O.CNC(C)=O.CNC=O.COC.COC(C)=O.COC(C)=O.COC(C)=O. The molecule has 0 bridgehead atoms. The smallest absolute Gasteiger partial charge is 0.302 e. The molecule has 0 fully saturated rings. The lowest BCUT2D eigenvalue weighted by molar-refractivity contribution is -0.138. The summed E-state index contributed by atoms with van der Waals surface area (Å²) in [6, 6.07) is 0. The van der Waals surface area contributed by atoms with Crippen LogP contribution in [0.1, 0.15) is 134 Å². The third-order valence-electron chi connectivity index (χ3n) is 2.11. The van der Waals surface area contributed by atoms with E-state index in [1.165, 1.54) is 104 Å². The molecule has 18 nitrogen and oxygen atoms in total. The van der Waals surface area contributed by atoms with Gasteiger partial charge in [0.2, 0.25) is 24.1 Å². The summed E-state index contributed by atoms with van der Waals surface area (Å²) in [5, 5.41) is 9.60. The van der Waals surface area contributed by atoms with Crippen molar-refractivity contribution < 1.29 is 66.9 Å². The number of nitrogens with one attached hydrogen (secondary N) is 4. The van der Waals surface area contributed by atoms with Gasteiger partial charge in [-0.15, -0.1) is 0 Å². The summed E-state index contributed by atoms with van der Waals surface area (Å²) in [6.07, 6.45) is 0.625. The molecule has 0 atom stereocenters. The van der Waals surface area contributed by atoms with Gasteiger partial charge < -0.3 is 54.6 Å². The van der Waals surface area contributed by atoms with Crippen LogP contribution in [-0.4, -0.2) is 123 Å². The average Bonchev–Trinajstić information content (AvgIpc) is 3.03. The summed E-state index contributed by atoms with van der Waals surface area (Å²) in [6.45, 7) is 24.3. The van der Waals surface area contributed by atoms with Crippen molar-refractivity contribution in [3.63, 3.8) is 0 Å². The topological polar surface area (TPSA) is 256 Å². The van der Waals surface area contributed by atoms with Crippen molar-refractivity contribution >= 4 is 59.4 Å². The van der Waals surface area contributed by atoms with Crippen LogP contribution in [0.3, 0.4) is 0 Å². The van der Waals surface area contributed by atoms with Gasteiger partial charge >= 0.3 is 17.9 Å². The Hall–Kier alpha value is -4.74. The minimum absolute atomic E-state index is 0. The third kappa shape index (κ3) is 1340. The second-order valence-electron chi connectivity index (χ2n) is 8.33. The van der Waals surface area contributed by atoms with Gasteiger partial charge in [-0.1, -0.05) is 43.6 Å². The molecule has 0 saturated heterocycles. The summed E-state index contributed by atoms with van der Waals surface area (Å²) in [5.74, 6) is -0.187. The first kappa shape index (κ1) is 104. The molecule has 348 valence electrons. The van der Waals surface area contributed by atoms with E-state index in [4.69, 9.17) is 4.79 Å². The predicted molar refractivity (Wildman–Crippen MR) is 232 cm³/mol. The standard InChI is InChI=1S/C4H9NO.2C3H7NO.3C3H6O2.3C3H6O.C2H5NO.C2H6O.C2H6.4CH4/c1-3-5-4(2)6;2*1-3(5)4-2;3*1-3(4)5-2;3*1-3(2)4;1-3-2-4;1-3-2;1-2;;;;/h3H2,1-2H3,(H,5,6);2*1-2H3,(H,4,5);3*1-2H3;3*1-2H3;2H,1H3,(H,3,4);1-2H3;1-2H3;4*1H4. The van der Waals surface area contributed by atoms with Crippen molar-refractivity contribution in [3.05, 3.63) is 0 Å². The molecule has 0 aliphatic carbocycles. The Balaban J connectivity index is -0.0000000223. The number of methoxy groups -OCH3 is 4. The number of Topliss-reactive ketones (excluding diaryl/α,β-unsaturated/α-hetero) is 3. The molecule has 0 radical (unpaired) electrons. The first-order valence-electron chi connectivity index (χ1n) is 15.3. The highest BCUT2D eigenvalue weighted by Crippen LogP contribution is 1.61. The number of ketones is 3. The number of rotatable bonds is 2. The number of ether oxygens (including phenoxy) is 4. The molecule has 0 heterocycles. The minimum Gasteiger partial charge on any atom is -0.469 e. The normalized spacial score (nSPS) is 6.05. The summed E-state index contributed by atoms with van der Waals surface area (Å²) in [4.78, 5) is 95.5. The molecule has 0 aromatic carbocycles. The maximum absolute atomic E-state index is 9.93. The number of carbonyl (C=O) groups excluding carboxylic acids is 10. The van der Waals surface area contributed by atoms with Crippen molar-refractivity contribution in [2.24, 2.45) is 0 Å². The lowest BCUT2D eigenvalue weighted by Crippen LogP contribution is -2.18. The van der Waals surface area contributed by atoms with Crippen LogP contribution < -0.4 is 21.3 Å². The number of hydrogen-bond donors (Lipinski definition) is 4. The highest BCUT2D eigenvalue weighted by molar-refractivity contribution is 5.73. The van der Waals surface area contributed by atoms with E-state index >= 15 is 0 Å². The molecule has 0 aromatic heterocycles. The highest BCUT2D eigenvalue weighted by Gasteiger charge is 1.79. The zero-order chi connectivity index (χ0) is 45.3. The second-order valence-corrected chi connectivity index (χ2v) is 8.33. The molecule has 0 aromatic rings. The lowest BCUT2D eigenvalue weighted by Gasteiger charge is -1.88. The number of hydrogen-bond acceptors (Lipinski definition) is 14. The Morgan fingerprint density at radius 1 is 0.446 bits per heavy atom. The summed E-state index contributed by atoms with van der Waals surface area (Å²) < 4.78 is 16.6. The fraction of sp³-hybridized carbons (Fsp3) is 0.737. The van der Waals surface area contributed by atoms with E-state index in [0.29, 0.717) is 6.41 Å². The Morgan fingerprint density at radius 2 is 0.554 bits per heavy atom. The van der Waals surface area contributed by atoms with Crippen LogP contribution in [0.15, 0.2) is 0 Å². The molecule has 0 unspecified atom stereocenters. The van der Waals surface area contributed by atoms with Gasteiger partial charge in [-0.05, 0) is 48.5 Å². The van der Waals surface area contributed by atoms with Gasteiger partial charge in [0.25, 0.3) is 0 Å². The lowest BCUT2D eigenvalue weighted by atomic mass is 10.6. The van der Waals surface area contributed by atoms with E-state index in [2.05, 4.69) is 40.2 Å². The summed E-state index contributed by atoms with van der Waals surface area (Å²) >= 11 is 0. The third-order valence-corrected chi connectivity index (χ3v) is 2.11. The van der Waals surface area contributed by atoms with Crippen molar-refractivity contribution in [2.45, 2.75) is 134 Å². The van der Waals surface area contributed by atoms with Gasteiger partial charge in [0.1, 0.15) is 17.3 Å². The van der Waals surface area contributed by atoms with Crippen LogP contribution >= 0.6 is 0 Å². The van der Waals surface area contributed by atoms with E-state index < -0.39 is 0 Å². The molecule has 0 rings (SSSR count). The summed E-state index contributed by atoms with van der Waals surface area (Å²) in [5.41, 5.74) is 0. The zero-order valence-corrected chi connectivity index (χ0v) is 36.5. The summed E-state index contributed by atoms with van der Waals surface area (Å²) in [7, 11) is 12.1. The average molecular weight is 829 g/mol. The van der Waals surface area contributed by atoms with E-state index in [-0.39, 0.29) is 82.7 Å². The molecule has 0 saturated carbocycles. The van der Waals surface area contributed by atoms with E-state index in [9.17, 15) is 43.2 Å². The number of amides is 4. The zero-order valence-electron chi connectivity index (χ0n) is 36.5. The number of esters is 3. The Labute approximate surface area is 344 Å². The van der Waals surface area contributed by atoms with E-state index in [1.807, 2.05) is 20.8 Å². The van der Waals surface area contributed by atoms with Crippen LogP contribution in [0.2, 0.25) is 0 Å². The maximum Gasteiger partial charge on any atom is 0.302 e. The fourth-order valence-corrected chi connectivity index (χ4v) is 0.249. The fourth-order valence-electron chi connectivity index (χ4n) is 0.249. The predicted octanol–water partition coefficient (Wildman–Crippen LogP) is 5.17. The Bertz CT molecular complexity index is 703. The molecular formula is C38H92N4O14. The van der Waals surface area contributed by atoms with Crippen molar-refractivity contribution in [1.82, 2.24) is 21.3 Å². The van der Waals surface area contributed by atoms with Gasteiger partial charge in [-0.3, -0.25) is 33.6 Å². The Morgan fingerprint density at radius 3 is 0.554 bits per heavy atom. The van der Waals surface area contributed by atoms with Gasteiger partial charge in [0, 0.05) is 83.4 Å². The van der Waals surface area contributed by atoms with E-state index in [1.54, 1.807) is 35.4 Å². The number of carbonyl (C=O) groups is 10. The van der Waals surface area contributed by atoms with Crippen molar-refractivity contribution in [3.8, 4) is 0 Å². The molecule has 0 spiro atoms. The molecule has 0 aliphatic rings. The highest BCUT2D eigenvalue weighted by atomic mass is 16.5. The molecule has 0 aliphatic heterocycles. The molecule has 4 N–H and O–H groups in total. The molecule has 56 heavy (non-hydrogen) atoms. The van der Waals surface area contributed by atoms with Crippen LogP contribution in [0.5, 0.6) is 0 Å². The van der Waals surface area contributed by atoms with Crippen LogP contribution in [0, 0.1) is 0 Å². The van der Waals surface area contributed by atoms with E-state index in [0.717, 1.165) is 6.54 Å². The maximum atomic E-state index is 9.93. The Kier molecular flexibility index (Phi) is 218. The largest absolute Gasteiger partial charge is 0.469 e. The van der Waals surface area contributed by atoms with Gasteiger partial charge in [0.15, 0.2) is 0 Å². The van der Waals surface area contributed by atoms with Crippen molar-refractivity contribution in [1.29, 1.82) is 0 Å². The first-order valence-corrected chi connectivity index (χ1v) is 15.3. The monoisotopic (exact) mass is 829 g/mol. The molecule has 4 amide bonds. The van der Waals surface area contributed by atoms with Gasteiger partial charge in [0.05, 0.1) is 21.3 Å². The second kappa shape index (κ2) is 117. The molecule has 18 heteroatoms. The van der Waals surface area contributed by atoms with Crippen LogP contribution in [0.25, 0.3) is 0 Å². The van der Waals surface area contributed by atoms with Crippen molar-refractivity contribution in [2.75, 3.05) is 63.2 Å².